The molecule has 0 aromatic rings. The van der Waals surface area contributed by atoms with Crippen molar-refractivity contribution in [3.05, 3.63) is 0 Å². The van der Waals surface area contributed by atoms with E-state index in [0.717, 1.165) is 0 Å². The fourth-order valence-corrected chi connectivity index (χ4v) is 0.928. The predicted octanol–water partition coefficient (Wildman–Crippen LogP) is 0.492. The summed E-state index contributed by atoms with van der Waals surface area (Å²) in [5.74, 6) is 0. The van der Waals surface area contributed by atoms with Gasteiger partial charge in [-0.2, -0.15) is 4.89 Å². The second-order valence-electron chi connectivity index (χ2n) is 1.60. The number of hydrogen-bond donors (Lipinski definition) is 2. The fourth-order valence-electron chi connectivity index (χ4n) is 0.309. The molecule has 3 nitrogen and oxygen atoms in total. The van der Waals surface area contributed by atoms with Crippen LogP contribution < -0.4 is 0 Å². The van der Waals surface area contributed by atoms with Crippen LogP contribution in [0.2, 0.25) is 0 Å². The average molecular weight is 137 g/mol. The van der Waals surface area contributed by atoms with Gasteiger partial charge in [-0.25, -0.2) is 0 Å². The Kier molecular flexibility index (Phi) is 3.97. The highest BCUT2D eigenvalue weighted by Gasteiger charge is 2.15. The van der Waals surface area contributed by atoms with E-state index >= 15 is 0 Å². The van der Waals surface area contributed by atoms with Gasteiger partial charge < -0.3 is 5.11 Å². The first kappa shape index (κ1) is 8.02. The number of aliphatic hydroxyl groups excluding tert-OH is 1. The van der Waals surface area contributed by atoms with Gasteiger partial charge >= 0.3 is 8.03 Å². The molecular weight excluding hydrogens is 127 g/mol. The minimum absolute atomic E-state index is 0.00579. The average Bonchev–Trinajstić information content (AvgIpc) is 1.65. The maximum absolute atomic E-state index is 9.96. The zero-order chi connectivity index (χ0) is 6.57. The van der Waals surface area contributed by atoms with Crippen molar-refractivity contribution in [2.45, 2.75) is 19.4 Å². The molecule has 0 aliphatic carbocycles. The Labute approximate surface area is 49.2 Å². The first-order chi connectivity index (χ1) is 3.66. The molecule has 0 aliphatic rings. The quantitative estimate of drug-likeness (QED) is 0.556. The summed E-state index contributed by atoms with van der Waals surface area (Å²) in [6.45, 7) is 1.77. The molecule has 0 bridgehead atoms. The Bertz CT molecular complexity index is 83.4. The minimum atomic E-state index is -2.15. The van der Waals surface area contributed by atoms with Crippen LogP contribution in [0.25, 0.3) is 0 Å². The van der Waals surface area contributed by atoms with Crippen LogP contribution in [-0.2, 0) is 4.57 Å². The van der Waals surface area contributed by atoms with E-state index in [9.17, 15) is 4.57 Å². The summed E-state index contributed by atoms with van der Waals surface area (Å²) in [6, 6.07) is 0. The fraction of sp³-hybridized carbons (Fsp3) is 1.00. The zero-order valence-electron chi connectivity index (χ0n) is 4.74. The summed E-state index contributed by atoms with van der Waals surface area (Å²) >= 11 is 0. The summed E-state index contributed by atoms with van der Waals surface area (Å²) < 4.78 is 9.96. The highest BCUT2D eigenvalue weighted by atomic mass is 31.1. The molecule has 8 heavy (non-hydrogen) atoms. The lowest BCUT2D eigenvalue weighted by atomic mass is 10.3. The first-order valence-electron chi connectivity index (χ1n) is 2.48. The van der Waals surface area contributed by atoms with Crippen LogP contribution >= 0.6 is 8.03 Å². The maximum atomic E-state index is 9.96. The van der Waals surface area contributed by atoms with Gasteiger partial charge in [0, 0.05) is 0 Å². The topological polar surface area (TPSA) is 57.5 Å². The summed E-state index contributed by atoms with van der Waals surface area (Å²) in [5.41, 5.74) is 0. The molecule has 0 radical (unpaired) electrons. The SMILES string of the molecule is CCC(O)C[P+](=O)O. The predicted molar refractivity (Wildman–Crippen MR) is 31.0 cm³/mol. The molecule has 2 atom stereocenters. The van der Waals surface area contributed by atoms with Crippen LogP contribution in [0.1, 0.15) is 13.3 Å². The van der Waals surface area contributed by atoms with Crippen molar-refractivity contribution in [3.63, 3.8) is 0 Å². The molecule has 0 aromatic heterocycles. The van der Waals surface area contributed by atoms with Gasteiger partial charge in [0.15, 0.2) is 0 Å². The van der Waals surface area contributed by atoms with Crippen molar-refractivity contribution in [3.8, 4) is 0 Å². The van der Waals surface area contributed by atoms with Crippen molar-refractivity contribution < 1.29 is 14.6 Å². The molecule has 0 aromatic carbocycles. The highest BCUT2D eigenvalue weighted by molar-refractivity contribution is 7.38. The Balaban J connectivity index is 3.24. The van der Waals surface area contributed by atoms with Crippen molar-refractivity contribution >= 4 is 8.03 Å². The van der Waals surface area contributed by atoms with Gasteiger partial charge in [-0.15, -0.1) is 0 Å². The zero-order valence-corrected chi connectivity index (χ0v) is 5.64. The lowest BCUT2D eigenvalue weighted by molar-refractivity contribution is 0.191. The largest absolute Gasteiger partial charge is 0.508 e. The number of hydrogen-bond acceptors (Lipinski definition) is 2. The lowest BCUT2D eigenvalue weighted by Gasteiger charge is -1.93. The first-order valence-corrected chi connectivity index (χ1v) is 3.88. The molecule has 0 aliphatic heterocycles. The van der Waals surface area contributed by atoms with E-state index in [1.165, 1.54) is 0 Å². The van der Waals surface area contributed by atoms with E-state index in [1.54, 1.807) is 6.92 Å². The molecule has 0 rings (SSSR count). The molecule has 2 N–H and O–H groups in total. The summed E-state index contributed by atoms with van der Waals surface area (Å²) in [5, 5.41) is 8.68. The molecule has 0 fully saturated rings. The Morgan fingerprint density at radius 1 is 1.75 bits per heavy atom. The van der Waals surface area contributed by atoms with E-state index in [2.05, 4.69) is 0 Å². The molecule has 48 valence electrons. The highest BCUT2D eigenvalue weighted by Crippen LogP contribution is 2.14. The van der Waals surface area contributed by atoms with Gasteiger partial charge in [-0.1, -0.05) is 6.92 Å². The Morgan fingerprint density at radius 2 is 2.25 bits per heavy atom. The van der Waals surface area contributed by atoms with Crippen molar-refractivity contribution in [1.82, 2.24) is 0 Å². The van der Waals surface area contributed by atoms with E-state index in [0.29, 0.717) is 6.42 Å². The van der Waals surface area contributed by atoms with Crippen molar-refractivity contribution in [2.75, 3.05) is 6.16 Å². The van der Waals surface area contributed by atoms with Crippen LogP contribution in [-0.4, -0.2) is 22.3 Å². The van der Waals surface area contributed by atoms with Crippen LogP contribution in [0.5, 0.6) is 0 Å². The van der Waals surface area contributed by atoms with Gasteiger partial charge in [0.1, 0.15) is 6.10 Å². The van der Waals surface area contributed by atoms with Crippen molar-refractivity contribution in [2.24, 2.45) is 0 Å². The van der Waals surface area contributed by atoms with E-state index in [-0.39, 0.29) is 6.16 Å². The van der Waals surface area contributed by atoms with Crippen LogP contribution in [0.4, 0.5) is 0 Å². The maximum Gasteiger partial charge on any atom is 0.508 e. The Morgan fingerprint density at radius 3 is 2.38 bits per heavy atom. The summed E-state index contributed by atoms with van der Waals surface area (Å²) in [7, 11) is -2.15. The minimum Gasteiger partial charge on any atom is -0.389 e. The molecule has 0 amide bonds. The van der Waals surface area contributed by atoms with Crippen LogP contribution in [0.15, 0.2) is 0 Å². The van der Waals surface area contributed by atoms with E-state index in [1.807, 2.05) is 0 Å². The summed E-state index contributed by atoms with van der Waals surface area (Å²) in [6.07, 6.45) is -0.0587. The van der Waals surface area contributed by atoms with E-state index in [4.69, 9.17) is 10.00 Å². The third-order valence-corrected chi connectivity index (χ3v) is 1.57. The van der Waals surface area contributed by atoms with Gasteiger partial charge in [-0.3, -0.25) is 0 Å². The second-order valence-corrected chi connectivity index (χ2v) is 2.67. The normalized spacial score (nSPS) is 15.6. The van der Waals surface area contributed by atoms with E-state index < -0.39 is 14.1 Å². The van der Waals surface area contributed by atoms with Gasteiger partial charge in [0.2, 0.25) is 6.16 Å². The summed E-state index contributed by atoms with van der Waals surface area (Å²) in [4.78, 5) is 8.20. The molecule has 2 unspecified atom stereocenters. The number of rotatable bonds is 3. The van der Waals surface area contributed by atoms with Crippen molar-refractivity contribution in [1.29, 1.82) is 0 Å². The third-order valence-electron chi connectivity index (χ3n) is 0.838. The second kappa shape index (κ2) is 3.96. The third kappa shape index (κ3) is 4.19. The standard InChI is InChI=1S/C4H9O3P/c1-2-4(5)3-8(6)7/h4-5H,2-3H2,1H3/p+1. The molecular formula is C4H10O3P+. The Hall–Kier alpha value is 0.0200. The van der Waals surface area contributed by atoms with Gasteiger partial charge in [-0.05, 0) is 11.0 Å². The van der Waals surface area contributed by atoms with Gasteiger partial charge in [0.05, 0.1) is 0 Å². The number of aliphatic hydroxyl groups is 1. The van der Waals surface area contributed by atoms with Crippen LogP contribution in [0, 0.1) is 0 Å². The van der Waals surface area contributed by atoms with Crippen LogP contribution in [0.3, 0.4) is 0 Å². The monoisotopic (exact) mass is 137 g/mol. The molecule has 4 heteroatoms. The molecule has 0 spiro atoms. The lowest BCUT2D eigenvalue weighted by Crippen LogP contribution is -2.06. The smallest absolute Gasteiger partial charge is 0.389 e. The molecule has 0 saturated carbocycles. The van der Waals surface area contributed by atoms with Gasteiger partial charge in [0.25, 0.3) is 0 Å². The molecule has 0 saturated heterocycles. The molecule has 0 heterocycles.